The predicted octanol–water partition coefficient (Wildman–Crippen LogP) is 0.0878. The zero-order valence-corrected chi connectivity index (χ0v) is 14.3. The standard InChI is InChI=1S/C10H24N2O4S2.ClH/c1-9(2)10(11)5-6-12(3)18(15,16)8-7-17(4,13)14;/h9-10H,5-8,11H2,1-4H3;1H. The third kappa shape index (κ3) is 9.61. The van der Waals surface area contributed by atoms with Crippen LogP contribution >= 0.6 is 12.4 Å². The van der Waals surface area contributed by atoms with Crippen LogP contribution in [0, 0.1) is 5.92 Å². The summed E-state index contributed by atoms with van der Waals surface area (Å²) < 4.78 is 46.6. The Bertz CT molecular complexity index is 448. The second-order valence-corrected chi connectivity index (χ2v) is 9.42. The Balaban J connectivity index is 0. The van der Waals surface area contributed by atoms with Gasteiger partial charge in [0.05, 0.1) is 11.5 Å². The lowest BCUT2D eigenvalue weighted by Crippen LogP contribution is -2.36. The first-order chi connectivity index (χ1) is 7.96. The molecule has 9 heteroatoms. The zero-order valence-electron chi connectivity index (χ0n) is 11.9. The van der Waals surface area contributed by atoms with Crippen LogP contribution in [-0.4, -0.2) is 58.5 Å². The van der Waals surface area contributed by atoms with E-state index in [2.05, 4.69) is 0 Å². The Morgan fingerprint density at radius 3 is 1.95 bits per heavy atom. The number of sulfone groups is 1. The van der Waals surface area contributed by atoms with Crippen LogP contribution in [0.15, 0.2) is 0 Å². The zero-order chi connectivity index (χ0) is 14.6. The molecule has 0 heterocycles. The van der Waals surface area contributed by atoms with Gasteiger partial charge in [-0.15, -0.1) is 12.4 Å². The van der Waals surface area contributed by atoms with Crippen LogP contribution in [0.2, 0.25) is 0 Å². The molecule has 0 aliphatic heterocycles. The van der Waals surface area contributed by atoms with Gasteiger partial charge in [-0.25, -0.2) is 21.1 Å². The Hall–Kier alpha value is 0.110. The van der Waals surface area contributed by atoms with Crippen molar-refractivity contribution in [2.75, 3.05) is 31.4 Å². The van der Waals surface area contributed by atoms with Gasteiger partial charge in [-0.2, -0.15) is 0 Å². The number of sulfonamides is 1. The maximum Gasteiger partial charge on any atom is 0.214 e. The van der Waals surface area contributed by atoms with E-state index in [4.69, 9.17) is 5.73 Å². The Morgan fingerprint density at radius 2 is 1.58 bits per heavy atom. The third-order valence-corrected chi connectivity index (χ3v) is 5.88. The molecule has 0 amide bonds. The minimum atomic E-state index is -3.52. The van der Waals surface area contributed by atoms with Gasteiger partial charge in [-0.05, 0) is 12.3 Å². The van der Waals surface area contributed by atoms with Gasteiger partial charge < -0.3 is 5.73 Å². The molecule has 1 unspecified atom stereocenters. The van der Waals surface area contributed by atoms with Crippen LogP contribution in [0.5, 0.6) is 0 Å². The highest BCUT2D eigenvalue weighted by Crippen LogP contribution is 2.06. The molecular formula is C10H25ClN2O4S2. The van der Waals surface area contributed by atoms with E-state index in [9.17, 15) is 16.8 Å². The fraction of sp³-hybridized carbons (Fsp3) is 1.00. The first kappa shape index (κ1) is 21.4. The highest BCUT2D eigenvalue weighted by Gasteiger charge is 2.21. The van der Waals surface area contributed by atoms with Crippen LogP contribution in [-0.2, 0) is 19.9 Å². The highest BCUT2D eigenvalue weighted by molar-refractivity contribution is 7.93. The molecule has 118 valence electrons. The molecule has 19 heavy (non-hydrogen) atoms. The van der Waals surface area contributed by atoms with E-state index < -0.39 is 19.9 Å². The normalized spacial score (nSPS) is 14.5. The molecule has 0 fully saturated rings. The van der Waals surface area contributed by atoms with Gasteiger partial charge in [-0.1, -0.05) is 13.8 Å². The van der Waals surface area contributed by atoms with Gasteiger partial charge in [0.15, 0.2) is 0 Å². The summed E-state index contributed by atoms with van der Waals surface area (Å²) in [6, 6.07) is -0.0578. The number of nitrogens with zero attached hydrogens (tertiary/aromatic N) is 1. The second-order valence-electron chi connectivity index (χ2n) is 4.96. The van der Waals surface area contributed by atoms with Gasteiger partial charge in [0, 0.05) is 25.9 Å². The molecular weight excluding hydrogens is 312 g/mol. The lowest BCUT2D eigenvalue weighted by atomic mass is 10.0. The SMILES string of the molecule is CC(C)C(N)CCN(C)S(=O)(=O)CCS(C)(=O)=O.Cl. The average molecular weight is 337 g/mol. The van der Waals surface area contributed by atoms with Gasteiger partial charge in [-0.3, -0.25) is 0 Å². The minimum Gasteiger partial charge on any atom is -0.327 e. The van der Waals surface area contributed by atoms with Crippen LogP contribution < -0.4 is 5.73 Å². The van der Waals surface area contributed by atoms with Crippen molar-refractivity contribution in [3.05, 3.63) is 0 Å². The lowest BCUT2D eigenvalue weighted by Gasteiger charge is -2.21. The van der Waals surface area contributed by atoms with Gasteiger partial charge >= 0.3 is 0 Å². The molecule has 0 saturated carbocycles. The van der Waals surface area contributed by atoms with Crippen molar-refractivity contribution < 1.29 is 16.8 Å². The Labute approximate surface area is 123 Å². The van der Waals surface area contributed by atoms with E-state index in [1.165, 1.54) is 11.4 Å². The van der Waals surface area contributed by atoms with E-state index in [-0.39, 0.29) is 35.9 Å². The van der Waals surface area contributed by atoms with Crippen LogP contribution in [0.4, 0.5) is 0 Å². The van der Waals surface area contributed by atoms with Gasteiger partial charge in [0.25, 0.3) is 0 Å². The van der Waals surface area contributed by atoms with Crippen molar-refractivity contribution in [1.82, 2.24) is 4.31 Å². The van der Waals surface area contributed by atoms with E-state index >= 15 is 0 Å². The van der Waals surface area contributed by atoms with Crippen LogP contribution in [0.3, 0.4) is 0 Å². The van der Waals surface area contributed by atoms with E-state index in [1.807, 2.05) is 13.8 Å². The second kappa shape index (κ2) is 8.41. The molecule has 0 spiro atoms. The first-order valence-corrected chi connectivity index (χ1v) is 9.50. The lowest BCUT2D eigenvalue weighted by molar-refractivity contribution is 0.398. The number of halogens is 1. The molecule has 0 radical (unpaired) electrons. The quantitative estimate of drug-likeness (QED) is 0.677. The van der Waals surface area contributed by atoms with E-state index in [0.717, 1.165) is 6.26 Å². The summed E-state index contributed by atoms with van der Waals surface area (Å²) in [5.74, 6) is -0.438. The fourth-order valence-corrected chi connectivity index (χ4v) is 3.96. The van der Waals surface area contributed by atoms with E-state index in [1.54, 1.807) is 0 Å². The molecule has 1 atom stereocenters. The average Bonchev–Trinajstić information content (AvgIpc) is 2.21. The Kier molecular flexibility index (Phi) is 9.47. The molecule has 0 aliphatic rings. The predicted molar refractivity (Wildman–Crippen MR) is 80.8 cm³/mol. The smallest absolute Gasteiger partial charge is 0.214 e. The molecule has 6 nitrogen and oxygen atoms in total. The van der Waals surface area contributed by atoms with Crippen molar-refractivity contribution in [3.8, 4) is 0 Å². The number of nitrogens with two attached hydrogens (primary N) is 1. The molecule has 0 aromatic carbocycles. The van der Waals surface area contributed by atoms with Crippen molar-refractivity contribution in [2.24, 2.45) is 11.7 Å². The topological polar surface area (TPSA) is 97.5 Å². The summed E-state index contributed by atoms with van der Waals surface area (Å²) in [4.78, 5) is 0. The summed E-state index contributed by atoms with van der Waals surface area (Å²) in [7, 11) is -5.33. The van der Waals surface area contributed by atoms with Crippen LogP contribution in [0.1, 0.15) is 20.3 Å². The molecule has 0 aliphatic carbocycles. The maximum atomic E-state index is 11.8. The van der Waals surface area contributed by atoms with Crippen molar-refractivity contribution in [3.63, 3.8) is 0 Å². The number of rotatable bonds is 8. The summed E-state index contributed by atoms with van der Waals surface area (Å²) in [5, 5.41) is 0. The highest BCUT2D eigenvalue weighted by atomic mass is 35.5. The summed E-state index contributed by atoms with van der Waals surface area (Å²) in [6.07, 6.45) is 1.59. The van der Waals surface area contributed by atoms with Crippen molar-refractivity contribution >= 4 is 32.3 Å². The third-order valence-electron chi connectivity index (χ3n) is 2.82. The summed E-state index contributed by atoms with van der Waals surface area (Å²) in [6.45, 7) is 4.26. The molecule has 0 aromatic rings. The largest absolute Gasteiger partial charge is 0.327 e. The van der Waals surface area contributed by atoms with Crippen molar-refractivity contribution in [2.45, 2.75) is 26.3 Å². The van der Waals surface area contributed by atoms with Crippen LogP contribution in [0.25, 0.3) is 0 Å². The first-order valence-electron chi connectivity index (χ1n) is 5.83. The molecule has 0 saturated heterocycles. The summed E-state index contributed by atoms with van der Waals surface area (Å²) >= 11 is 0. The fourth-order valence-electron chi connectivity index (χ4n) is 1.22. The maximum absolute atomic E-state index is 11.8. The molecule has 0 bridgehead atoms. The van der Waals surface area contributed by atoms with E-state index in [0.29, 0.717) is 13.0 Å². The molecule has 0 rings (SSSR count). The number of hydrogen-bond donors (Lipinski definition) is 1. The summed E-state index contributed by atoms with van der Waals surface area (Å²) in [5.41, 5.74) is 5.83. The van der Waals surface area contributed by atoms with Gasteiger partial charge in [0.2, 0.25) is 10.0 Å². The molecule has 0 aromatic heterocycles. The minimum absolute atomic E-state index is 0. The number of hydrogen-bond acceptors (Lipinski definition) is 5. The van der Waals surface area contributed by atoms with Crippen molar-refractivity contribution in [1.29, 1.82) is 0 Å². The Morgan fingerprint density at radius 1 is 1.11 bits per heavy atom. The monoisotopic (exact) mass is 336 g/mol. The molecule has 2 N–H and O–H groups in total. The van der Waals surface area contributed by atoms with Gasteiger partial charge in [0.1, 0.15) is 9.84 Å².